The summed E-state index contributed by atoms with van der Waals surface area (Å²) in [6.45, 7) is 1.92. The molecule has 1 atom stereocenters. The predicted octanol–water partition coefficient (Wildman–Crippen LogP) is 4.29. The zero-order chi connectivity index (χ0) is 15.7. The Morgan fingerprint density at radius 1 is 1.27 bits per heavy atom. The van der Waals surface area contributed by atoms with Gasteiger partial charge in [-0.1, -0.05) is 35.0 Å². The van der Waals surface area contributed by atoms with Crippen molar-refractivity contribution in [1.82, 2.24) is 19.6 Å². The number of nitrogens with zero attached hydrogens (tertiary/aromatic N) is 4. The van der Waals surface area contributed by atoms with E-state index in [9.17, 15) is 0 Å². The fourth-order valence-electron chi connectivity index (χ4n) is 2.01. The zero-order valence-electron chi connectivity index (χ0n) is 11.8. The number of rotatable bonds is 4. The molecular weight excluding hydrogens is 343 g/mol. The van der Waals surface area contributed by atoms with E-state index in [0.29, 0.717) is 26.7 Å². The fraction of sp³-hybridized carbons (Fsp3) is 0.214. The molecule has 2 aromatic heterocycles. The zero-order valence-corrected chi connectivity index (χ0v) is 14.2. The summed E-state index contributed by atoms with van der Waals surface area (Å²) in [5, 5.41) is 6.10. The monoisotopic (exact) mass is 354 g/mol. The molecule has 0 bridgehead atoms. The molecule has 0 aliphatic heterocycles. The van der Waals surface area contributed by atoms with Crippen LogP contribution in [0.2, 0.25) is 10.0 Å². The van der Waals surface area contributed by atoms with Crippen LogP contribution in [0.5, 0.6) is 5.75 Å². The van der Waals surface area contributed by atoms with Gasteiger partial charge < -0.3 is 4.74 Å². The molecule has 3 rings (SSSR count). The molecule has 3 aromatic rings. The van der Waals surface area contributed by atoms with E-state index in [2.05, 4.69) is 15.1 Å². The lowest BCUT2D eigenvalue weighted by Crippen LogP contribution is -2.10. The molecule has 0 aliphatic rings. The SMILES string of the molecule is CSc1nc2nccc([C@@H](C)Oc3ccc(Cl)cc3Cl)n2n1. The van der Waals surface area contributed by atoms with Crippen molar-refractivity contribution in [3.05, 3.63) is 46.2 Å². The molecule has 2 heterocycles. The number of hydrogen-bond acceptors (Lipinski definition) is 5. The molecule has 8 heteroatoms. The Balaban J connectivity index is 1.94. The van der Waals surface area contributed by atoms with Gasteiger partial charge in [-0.3, -0.25) is 0 Å². The minimum absolute atomic E-state index is 0.277. The summed E-state index contributed by atoms with van der Waals surface area (Å²) in [5.41, 5.74) is 0.837. The van der Waals surface area contributed by atoms with E-state index in [4.69, 9.17) is 27.9 Å². The molecule has 0 N–H and O–H groups in total. The van der Waals surface area contributed by atoms with Gasteiger partial charge in [0.15, 0.2) is 0 Å². The van der Waals surface area contributed by atoms with Crippen LogP contribution < -0.4 is 4.74 Å². The van der Waals surface area contributed by atoms with Crippen LogP contribution in [0.25, 0.3) is 5.78 Å². The van der Waals surface area contributed by atoms with Crippen LogP contribution >= 0.6 is 35.0 Å². The van der Waals surface area contributed by atoms with Crippen molar-refractivity contribution in [3.63, 3.8) is 0 Å². The minimum atomic E-state index is -0.277. The summed E-state index contributed by atoms with van der Waals surface area (Å²) in [7, 11) is 0. The highest BCUT2D eigenvalue weighted by molar-refractivity contribution is 7.98. The number of fused-ring (bicyclic) bond motifs is 1. The van der Waals surface area contributed by atoms with Crippen molar-refractivity contribution in [3.8, 4) is 5.75 Å². The van der Waals surface area contributed by atoms with Gasteiger partial charge in [0.2, 0.25) is 5.16 Å². The third-order valence-corrected chi connectivity index (χ3v) is 4.12. The van der Waals surface area contributed by atoms with Crippen LogP contribution in [0.3, 0.4) is 0 Å². The molecule has 0 amide bonds. The number of halogens is 2. The minimum Gasteiger partial charge on any atom is -0.483 e. The van der Waals surface area contributed by atoms with Crippen molar-refractivity contribution in [2.75, 3.05) is 6.26 Å². The van der Waals surface area contributed by atoms with Crippen LogP contribution in [-0.2, 0) is 0 Å². The number of aromatic nitrogens is 4. The fourth-order valence-corrected chi connectivity index (χ4v) is 2.80. The van der Waals surface area contributed by atoms with Gasteiger partial charge in [0.05, 0.1) is 10.7 Å². The molecular formula is C14H12Cl2N4OS. The Bertz CT molecular complexity index is 824. The third kappa shape index (κ3) is 2.99. The maximum Gasteiger partial charge on any atom is 0.253 e. The summed E-state index contributed by atoms with van der Waals surface area (Å²) in [4.78, 5) is 8.52. The highest BCUT2D eigenvalue weighted by atomic mass is 35.5. The first-order chi connectivity index (χ1) is 10.6. The summed E-state index contributed by atoms with van der Waals surface area (Å²) >= 11 is 13.5. The molecule has 0 saturated carbocycles. The normalized spacial score (nSPS) is 12.5. The second kappa shape index (κ2) is 6.32. The van der Waals surface area contributed by atoms with Crippen LogP contribution in [0.1, 0.15) is 18.7 Å². The van der Waals surface area contributed by atoms with Crippen LogP contribution in [-0.4, -0.2) is 25.8 Å². The van der Waals surface area contributed by atoms with E-state index in [1.54, 1.807) is 28.9 Å². The van der Waals surface area contributed by atoms with Gasteiger partial charge in [-0.2, -0.15) is 9.50 Å². The Hall–Kier alpha value is -1.50. The first-order valence-corrected chi connectivity index (χ1v) is 8.44. The molecule has 1 aromatic carbocycles. The molecule has 5 nitrogen and oxygen atoms in total. The van der Waals surface area contributed by atoms with Gasteiger partial charge in [0, 0.05) is 11.2 Å². The van der Waals surface area contributed by atoms with Gasteiger partial charge in [0.1, 0.15) is 11.9 Å². The standard InChI is InChI=1S/C14H12Cl2N4OS/c1-8(21-12-4-3-9(15)7-10(12)16)11-5-6-17-13-18-14(22-2)19-20(11)13/h3-8H,1-2H3/t8-/m1/s1. The molecule has 0 radical (unpaired) electrons. The lowest BCUT2D eigenvalue weighted by Gasteiger charge is -2.16. The predicted molar refractivity (Wildman–Crippen MR) is 88.1 cm³/mol. The van der Waals surface area contributed by atoms with Gasteiger partial charge in [-0.15, -0.1) is 5.10 Å². The Kier molecular flexibility index (Phi) is 4.42. The van der Waals surface area contributed by atoms with Gasteiger partial charge in [-0.05, 0) is 37.4 Å². The molecule has 22 heavy (non-hydrogen) atoms. The van der Waals surface area contributed by atoms with Crippen molar-refractivity contribution in [1.29, 1.82) is 0 Å². The maximum atomic E-state index is 6.15. The summed E-state index contributed by atoms with van der Waals surface area (Å²) < 4.78 is 7.60. The second-order valence-corrected chi connectivity index (χ2v) is 6.13. The molecule has 0 fully saturated rings. The van der Waals surface area contributed by atoms with Crippen molar-refractivity contribution < 1.29 is 4.74 Å². The van der Waals surface area contributed by atoms with Gasteiger partial charge in [-0.25, -0.2) is 4.98 Å². The summed E-state index contributed by atoms with van der Waals surface area (Å²) in [6, 6.07) is 6.97. The number of thioether (sulfide) groups is 1. The van der Waals surface area contributed by atoms with E-state index < -0.39 is 0 Å². The largest absolute Gasteiger partial charge is 0.483 e. The maximum absolute atomic E-state index is 6.15. The molecule has 0 spiro atoms. The van der Waals surface area contributed by atoms with E-state index in [1.807, 2.05) is 19.2 Å². The Morgan fingerprint density at radius 3 is 2.82 bits per heavy atom. The molecule has 0 aliphatic carbocycles. The first-order valence-electron chi connectivity index (χ1n) is 6.46. The Labute approximate surface area is 141 Å². The smallest absolute Gasteiger partial charge is 0.253 e. The van der Waals surface area contributed by atoms with Crippen LogP contribution in [0, 0.1) is 0 Å². The average molecular weight is 355 g/mol. The molecule has 114 valence electrons. The number of benzene rings is 1. The third-order valence-electron chi connectivity index (χ3n) is 3.05. The quantitative estimate of drug-likeness (QED) is 0.654. The average Bonchev–Trinajstić information content (AvgIpc) is 2.93. The molecule has 0 unspecified atom stereocenters. The lowest BCUT2D eigenvalue weighted by atomic mass is 10.2. The van der Waals surface area contributed by atoms with Crippen LogP contribution in [0.15, 0.2) is 35.6 Å². The lowest BCUT2D eigenvalue weighted by molar-refractivity contribution is 0.218. The van der Waals surface area contributed by atoms with E-state index >= 15 is 0 Å². The summed E-state index contributed by atoms with van der Waals surface area (Å²) in [5.74, 6) is 1.10. The van der Waals surface area contributed by atoms with Crippen molar-refractivity contribution in [2.24, 2.45) is 0 Å². The van der Waals surface area contributed by atoms with Crippen molar-refractivity contribution in [2.45, 2.75) is 18.2 Å². The number of ether oxygens (including phenoxy) is 1. The van der Waals surface area contributed by atoms with Gasteiger partial charge >= 0.3 is 0 Å². The summed E-state index contributed by atoms with van der Waals surface area (Å²) in [6.07, 6.45) is 3.33. The molecule has 0 saturated heterocycles. The van der Waals surface area contributed by atoms with Gasteiger partial charge in [0.25, 0.3) is 5.78 Å². The van der Waals surface area contributed by atoms with E-state index in [0.717, 1.165) is 5.69 Å². The van der Waals surface area contributed by atoms with Crippen LogP contribution in [0.4, 0.5) is 0 Å². The van der Waals surface area contributed by atoms with Crippen molar-refractivity contribution >= 4 is 40.7 Å². The topological polar surface area (TPSA) is 52.3 Å². The van der Waals surface area contributed by atoms with E-state index in [-0.39, 0.29) is 6.10 Å². The second-order valence-electron chi connectivity index (χ2n) is 4.51. The number of hydrogen-bond donors (Lipinski definition) is 0. The highest BCUT2D eigenvalue weighted by Gasteiger charge is 2.16. The Morgan fingerprint density at radius 2 is 2.09 bits per heavy atom. The highest BCUT2D eigenvalue weighted by Crippen LogP contribution is 2.31. The van der Waals surface area contributed by atoms with E-state index in [1.165, 1.54) is 11.8 Å². The first kappa shape index (κ1) is 15.4.